The molecule has 122 valence electrons. The summed E-state index contributed by atoms with van der Waals surface area (Å²) >= 11 is 3.20. The molecule has 0 aliphatic heterocycles. The molecule has 3 aromatic rings. The van der Waals surface area contributed by atoms with Crippen molar-refractivity contribution in [2.45, 2.75) is 6.92 Å². The Labute approximate surface area is 146 Å². The second-order valence-corrected chi connectivity index (χ2v) is 5.72. The van der Waals surface area contributed by atoms with E-state index in [-0.39, 0.29) is 5.56 Å². The molecule has 0 saturated carbocycles. The Bertz CT molecular complexity index is 953. The Kier molecular flexibility index (Phi) is 4.90. The van der Waals surface area contributed by atoms with Crippen molar-refractivity contribution in [2.24, 2.45) is 5.10 Å². The summed E-state index contributed by atoms with van der Waals surface area (Å²) < 4.78 is 6.04. The standard InChI is InChI=1S/C17H15BrN4O2/c1-2-24-15-8-7-11-5-3-4-6-12(11)13(15)9-19-21-14-10-20-22-17(23)16(14)18/h3-10H,2H2,1H3,(H2,21,22,23). The number of fused-ring (bicyclic) bond motifs is 1. The van der Waals surface area contributed by atoms with E-state index < -0.39 is 0 Å². The second-order valence-electron chi connectivity index (χ2n) is 4.93. The third-order valence-corrected chi connectivity index (χ3v) is 4.19. The number of hydrogen-bond donors (Lipinski definition) is 2. The summed E-state index contributed by atoms with van der Waals surface area (Å²) in [6, 6.07) is 12.0. The molecule has 0 radical (unpaired) electrons. The van der Waals surface area contributed by atoms with Crippen LogP contribution in [0.25, 0.3) is 10.8 Å². The van der Waals surface area contributed by atoms with Crippen molar-refractivity contribution in [1.82, 2.24) is 10.2 Å². The fourth-order valence-electron chi connectivity index (χ4n) is 2.32. The number of nitrogens with one attached hydrogen (secondary N) is 2. The molecule has 0 saturated heterocycles. The van der Waals surface area contributed by atoms with Crippen LogP contribution in [-0.4, -0.2) is 23.0 Å². The van der Waals surface area contributed by atoms with Gasteiger partial charge in [-0.05, 0) is 39.7 Å². The van der Waals surface area contributed by atoms with E-state index >= 15 is 0 Å². The van der Waals surface area contributed by atoms with Crippen LogP contribution in [0, 0.1) is 0 Å². The van der Waals surface area contributed by atoms with Crippen LogP contribution in [0.2, 0.25) is 0 Å². The van der Waals surface area contributed by atoms with Gasteiger partial charge in [0.1, 0.15) is 10.2 Å². The van der Waals surface area contributed by atoms with E-state index in [0.717, 1.165) is 22.1 Å². The van der Waals surface area contributed by atoms with Gasteiger partial charge in [-0.15, -0.1) is 0 Å². The van der Waals surface area contributed by atoms with E-state index in [0.29, 0.717) is 16.8 Å². The summed E-state index contributed by atoms with van der Waals surface area (Å²) in [5.41, 5.74) is 3.85. The SMILES string of the molecule is CCOc1ccc2ccccc2c1C=NNc1cn[nH]c(=O)c1Br. The first-order chi connectivity index (χ1) is 11.7. The minimum Gasteiger partial charge on any atom is -0.493 e. The highest BCUT2D eigenvalue weighted by Gasteiger charge is 2.07. The summed E-state index contributed by atoms with van der Waals surface area (Å²) in [7, 11) is 0. The minimum absolute atomic E-state index is 0.324. The Morgan fingerprint density at radius 1 is 1.33 bits per heavy atom. The third-order valence-electron chi connectivity index (χ3n) is 3.40. The van der Waals surface area contributed by atoms with Crippen molar-refractivity contribution in [2.75, 3.05) is 12.0 Å². The van der Waals surface area contributed by atoms with Crippen molar-refractivity contribution in [3.8, 4) is 5.75 Å². The number of ether oxygens (including phenoxy) is 1. The quantitative estimate of drug-likeness (QED) is 0.519. The topological polar surface area (TPSA) is 79.4 Å². The Morgan fingerprint density at radius 2 is 2.17 bits per heavy atom. The van der Waals surface area contributed by atoms with Gasteiger partial charge in [0.15, 0.2) is 0 Å². The van der Waals surface area contributed by atoms with Crippen LogP contribution in [0.5, 0.6) is 5.75 Å². The lowest BCUT2D eigenvalue weighted by atomic mass is 10.0. The highest BCUT2D eigenvalue weighted by Crippen LogP contribution is 2.27. The Balaban J connectivity index is 1.97. The highest BCUT2D eigenvalue weighted by atomic mass is 79.9. The summed E-state index contributed by atoms with van der Waals surface area (Å²) in [5, 5.41) is 12.4. The fraction of sp³-hybridized carbons (Fsp3) is 0.118. The molecule has 7 heteroatoms. The van der Waals surface area contributed by atoms with Gasteiger partial charge in [0.05, 0.1) is 24.7 Å². The van der Waals surface area contributed by atoms with Crippen molar-refractivity contribution >= 4 is 38.6 Å². The molecule has 0 fully saturated rings. The van der Waals surface area contributed by atoms with Gasteiger partial charge in [0.25, 0.3) is 5.56 Å². The average molecular weight is 387 g/mol. The average Bonchev–Trinajstić information content (AvgIpc) is 2.60. The number of aromatic amines is 1. The maximum atomic E-state index is 11.5. The van der Waals surface area contributed by atoms with Crippen molar-refractivity contribution in [3.05, 3.63) is 63.0 Å². The lowest BCUT2D eigenvalue weighted by Gasteiger charge is -2.10. The lowest BCUT2D eigenvalue weighted by molar-refractivity contribution is 0.340. The second kappa shape index (κ2) is 7.27. The zero-order valence-corrected chi connectivity index (χ0v) is 14.5. The van der Waals surface area contributed by atoms with Gasteiger partial charge < -0.3 is 4.74 Å². The number of hydrazone groups is 1. The van der Waals surface area contributed by atoms with Gasteiger partial charge in [0.2, 0.25) is 0 Å². The van der Waals surface area contributed by atoms with Gasteiger partial charge in [-0.2, -0.15) is 10.2 Å². The van der Waals surface area contributed by atoms with Crippen LogP contribution in [0.15, 0.2) is 57.0 Å². The van der Waals surface area contributed by atoms with Gasteiger partial charge in [0, 0.05) is 5.56 Å². The van der Waals surface area contributed by atoms with E-state index in [9.17, 15) is 4.79 Å². The van der Waals surface area contributed by atoms with E-state index in [1.165, 1.54) is 6.20 Å². The van der Waals surface area contributed by atoms with E-state index in [1.54, 1.807) is 6.21 Å². The van der Waals surface area contributed by atoms with Crippen LogP contribution in [-0.2, 0) is 0 Å². The molecule has 0 unspecified atom stereocenters. The van der Waals surface area contributed by atoms with Crippen LogP contribution in [0.4, 0.5) is 5.69 Å². The summed E-state index contributed by atoms with van der Waals surface area (Å²) in [4.78, 5) is 11.5. The number of benzene rings is 2. The molecule has 0 spiro atoms. The molecule has 24 heavy (non-hydrogen) atoms. The Hall–Kier alpha value is -2.67. The molecular weight excluding hydrogens is 372 g/mol. The predicted molar refractivity (Wildman–Crippen MR) is 98.9 cm³/mol. The molecule has 0 bridgehead atoms. The molecule has 2 N–H and O–H groups in total. The highest BCUT2D eigenvalue weighted by molar-refractivity contribution is 9.10. The molecule has 3 rings (SSSR count). The van der Waals surface area contributed by atoms with Crippen LogP contribution in [0.3, 0.4) is 0 Å². The minimum atomic E-state index is -0.324. The van der Waals surface area contributed by atoms with E-state index in [2.05, 4.69) is 36.7 Å². The Morgan fingerprint density at radius 3 is 3.00 bits per heavy atom. The van der Waals surface area contributed by atoms with Gasteiger partial charge in [-0.25, -0.2) is 5.10 Å². The van der Waals surface area contributed by atoms with Gasteiger partial charge in [-0.1, -0.05) is 30.3 Å². The largest absolute Gasteiger partial charge is 0.493 e. The predicted octanol–water partition coefficient (Wildman–Crippen LogP) is 3.53. The van der Waals surface area contributed by atoms with Crippen LogP contribution >= 0.6 is 15.9 Å². The molecular formula is C17H15BrN4O2. The van der Waals surface area contributed by atoms with Crippen LogP contribution in [0.1, 0.15) is 12.5 Å². The number of nitrogens with zero attached hydrogens (tertiary/aromatic N) is 2. The van der Waals surface area contributed by atoms with Crippen LogP contribution < -0.4 is 15.7 Å². The number of aromatic nitrogens is 2. The summed E-state index contributed by atoms with van der Waals surface area (Å²) in [6.07, 6.45) is 3.16. The number of H-pyrrole nitrogens is 1. The molecule has 6 nitrogen and oxygen atoms in total. The van der Waals surface area contributed by atoms with Crippen molar-refractivity contribution in [3.63, 3.8) is 0 Å². The maximum Gasteiger partial charge on any atom is 0.280 e. The smallest absolute Gasteiger partial charge is 0.280 e. The summed E-state index contributed by atoms with van der Waals surface area (Å²) in [6.45, 7) is 2.50. The molecule has 1 heterocycles. The first kappa shape index (κ1) is 16.2. The molecule has 0 aliphatic carbocycles. The van der Waals surface area contributed by atoms with Crippen molar-refractivity contribution in [1.29, 1.82) is 0 Å². The number of hydrogen-bond acceptors (Lipinski definition) is 5. The number of anilines is 1. The van der Waals surface area contributed by atoms with Gasteiger partial charge in [-0.3, -0.25) is 10.2 Å². The molecule has 0 amide bonds. The lowest BCUT2D eigenvalue weighted by Crippen LogP contribution is -2.10. The zero-order chi connectivity index (χ0) is 16.9. The monoisotopic (exact) mass is 386 g/mol. The van der Waals surface area contributed by atoms with Gasteiger partial charge >= 0.3 is 0 Å². The third kappa shape index (κ3) is 3.30. The van der Waals surface area contributed by atoms with E-state index in [1.807, 2.05) is 43.3 Å². The first-order valence-electron chi connectivity index (χ1n) is 7.37. The summed E-state index contributed by atoms with van der Waals surface area (Å²) in [5.74, 6) is 0.754. The molecule has 0 aliphatic rings. The normalized spacial score (nSPS) is 11.1. The molecule has 2 aromatic carbocycles. The number of halogens is 1. The van der Waals surface area contributed by atoms with E-state index in [4.69, 9.17) is 4.74 Å². The zero-order valence-electron chi connectivity index (χ0n) is 12.9. The van der Waals surface area contributed by atoms with Crippen molar-refractivity contribution < 1.29 is 4.74 Å². The molecule has 1 aromatic heterocycles. The first-order valence-corrected chi connectivity index (χ1v) is 8.17. The molecule has 0 atom stereocenters. The number of rotatable bonds is 5. The fourth-order valence-corrected chi connectivity index (χ4v) is 2.60. The maximum absolute atomic E-state index is 11.5.